The van der Waals surface area contributed by atoms with Gasteiger partial charge in [-0.25, -0.2) is 0 Å². The highest BCUT2D eigenvalue weighted by molar-refractivity contribution is 7.14. The second kappa shape index (κ2) is 6.96. The van der Waals surface area contributed by atoms with Crippen molar-refractivity contribution in [2.45, 2.75) is 39.0 Å². The van der Waals surface area contributed by atoms with Crippen molar-refractivity contribution in [1.82, 2.24) is 10.9 Å². The van der Waals surface area contributed by atoms with E-state index in [0.717, 1.165) is 19.3 Å². The second-order valence-electron chi connectivity index (χ2n) is 5.72. The molecule has 2 aromatic rings. The molecule has 1 aromatic heterocycles. The molecule has 0 aliphatic heterocycles. The lowest BCUT2D eigenvalue weighted by molar-refractivity contribution is 0.0849. The number of rotatable bonds is 3. The largest absolute Gasteiger partial charge is 0.279 e. The molecule has 1 aromatic carbocycles. The van der Waals surface area contributed by atoms with E-state index in [2.05, 4.69) is 17.8 Å². The predicted molar refractivity (Wildman–Crippen MR) is 91.7 cm³/mol. The lowest BCUT2D eigenvalue weighted by atomic mass is 9.99. The van der Waals surface area contributed by atoms with E-state index < -0.39 is 0 Å². The van der Waals surface area contributed by atoms with E-state index in [1.807, 2.05) is 18.2 Å². The summed E-state index contributed by atoms with van der Waals surface area (Å²) in [7, 11) is 0. The van der Waals surface area contributed by atoms with Gasteiger partial charge in [0.2, 0.25) is 0 Å². The zero-order valence-electron chi connectivity index (χ0n) is 13.1. The van der Waals surface area contributed by atoms with Crippen molar-refractivity contribution >= 4 is 23.2 Å². The van der Waals surface area contributed by atoms with Crippen LogP contribution in [0.4, 0.5) is 0 Å². The van der Waals surface area contributed by atoms with Crippen LogP contribution in [0.1, 0.15) is 55.8 Å². The molecule has 5 heteroatoms. The summed E-state index contributed by atoms with van der Waals surface area (Å²) in [5, 5.41) is 0. The summed E-state index contributed by atoms with van der Waals surface area (Å²) in [5.74, 6) is -0.551. The number of hydrogen-bond donors (Lipinski definition) is 2. The number of fused-ring (bicyclic) bond motifs is 1. The van der Waals surface area contributed by atoms with Crippen LogP contribution in [0.5, 0.6) is 0 Å². The Morgan fingerprint density at radius 1 is 1.04 bits per heavy atom. The number of carbonyl (C=O) groups excluding carboxylic acids is 2. The Balaban J connectivity index is 1.59. The number of nitrogens with one attached hydrogen (secondary N) is 2. The summed E-state index contributed by atoms with van der Waals surface area (Å²) < 4.78 is 0. The Kier molecular flexibility index (Phi) is 4.76. The van der Waals surface area contributed by atoms with Gasteiger partial charge in [0.1, 0.15) is 0 Å². The molecule has 0 saturated heterocycles. The van der Waals surface area contributed by atoms with Crippen LogP contribution < -0.4 is 10.9 Å². The van der Waals surface area contributed by atoms with Gasteiger partial charge in [-0.3, -0.25) is 20.4 Å². The van der Waals surface area contributed by atoms with Crippen LogP contribution in [0.2, 0.25) is 0 Å². The van der Waals surface area contributed by atoms with Crippen LogP contribution in [-0.2, 0) is 19.3 Å². The highest BCUT2D eigenvalue weighted by Gasteiger charge is 2.17. The van der Waals surface area contributed by atoms with E-state index in [9.17, 15) is 9.59 Å². The zero-order valence-corrected chi connectivity index (χ0v) is 14.0. The van der Waals surface area contributed by atoms with Crippen molar-refractivity contribution in [2.75, 3.05) is 0 Å². The molecule has 120 valence electrons. The predicted octanol–water partition coefficient (Wildman–Crippen LogP) is 3.26. The first-order valence-corrected chi connectivity index (χ1v) is 8.80. The van der Waals surface area contributed by atoms with Gasteiger partial charge < -0.3 is 0 Å². The minimum Gasteiger partial charge on any atom is -0.267 e. The van der Waals surface area contributed by atoms with Crippen molar-refractivity contribution in [3.63, 3.8) is 0 Å². The van der Waals surface area contributed by atoms with Gasteiger partial charge in [0.15, 0.2) is 0 Å². The summed E-state index contributed by atoms with van der Waals surface area (Å²) in [5.41, 5.74) is 7.99. The van der Waals surface area contributed by atoms with E-state index in [-0.39, 0.29) is 11.8 Å². The minimum atomic E-state index is -0.303. The fourth-order valence-electron chi connectivity index (χ4n) is 2.74. The Morgan fingerprint density at radius 2 is 1.74 bits per heavy atom. The fraction of sp³-hybridized carbons (Fsp3) is 0.333. The average molecular weight is 328 g/mol. The van der Waals surface area contributed by atoms with Crippen LogP contribution in [0, 0.1) is 0 Å². The number of aryl methyl sites for hydroxylation is 3. The van der Waals surface area contributed by atoms with Crippen molar-refractivity contribution in [3.05, 3.63) is 56.8 Å². The monoisotopic (exact) mass is 328 g/mol. The first-order chi connectivity index (χ1) is 11.2. The number of carbonyl (C=O) groups is 2. The second-order valence-corrected chi connectivity index (χ2v) is 6.86. The molecule has 0 atom stereocenters. The molecule has 0 fully saturated rings. The Labute approximate surface area is 139 Å². The van der Waals surface area contributed by atoms with Gasteiger partial charge in [0.05, 0.1) is 4.88 Å². The first kappa shape index (κ1) is 15.7. The molecule has 0 saturated carbocycles. The van der Waals surface area contributed by atoms with Crippen LogP contribution in [0.25, 0.3) is 0 Å². The first-order valence-electron chi connectivity index (χ1n) is 7.98. The summed E-state index contributed by atoms with van der Waals surface area (Å²) in [6.45, 7) is 2.07. The SMILES string of the molecule is CCc1ccc(C(=O)NNC(=O)c2cc3c(s2)CCCC3)cc1. The highest BCUT2D eigenvalue weighted by Crippen LogP contribution is 2.29. The van der Waals surface area contributed by atoms with Gasteiger partial charge in [-0.1, -0.05) is 19.1 Å². The number of benzene rings is 1. The molecule has 1 heterocycles. The number of amides is 2. The smallest absolute Gasteiger partial charge is 0.267 e. The minimum absolute atomic E-state index is 0.247. The molecule has 0 spiro atoms. The highest BCUT2D eigenvalue weighted by atomic mass is 32.1. The molecule has 23 heavy (non-hydrogen) atoms. The molecule has 0 radical (unpaired) electrons. The summed E-state index contributed by atoms with van der Waals surface area (Å²) in [4.78, 5) is 26.2. The standard InChI is InChI=1S/C18H20N2O2S/c1-2-12-7-9-13(10-8-12)17(21)19-20-18(22)16-11-14-5-3-4-6-15(14)23-16/h7-11H,2-6H2,1H3,(H,19,21)(H,20,22). The van der Waals surface area contributed by atoms with Gasteiger partial charge in [-0.05, 0) is 61.4 Å². The molecular formula is C18H20N2O2S. The van der Waals surface area contributed by atoms with Crippen LogP contribution >= 0.6 is 11.3 Å². The zero-order chi connectivity index (χ0) is 16.2. The summed E-state index contributed by atoms with van der Waals surface area (Å²) in [6, 6.07) is 9.33. The molecule has 2 amide bonds. The normalized spacial score (nSPS) is 13.3. The van der Waals surface area contributed by atoms with E-state index in [4.69, 9.17) is 0 Å². The Bertz CT molecular complexity index is 696. The molecule has 0 bridgehead atoms. The van der Waals surface area contributed by atoms with E-state index >= 15 is 0 Å². The molecule has 3 rings (SSSR count). The Morgan fingerprint density at radius 3 is 2.43 bits per heavy atom. The molecule has 4 nitrogen and oxygen atoms in total. The third-order valence-electron chi connectivity index (χ3n) is 4.13. The third-order valence-corrected chi connectivity index (χ3v) is 5.37. The van der Waals surface area contributed by atoms with E-state index in [0.29, 0.717) is 10.4 Å². The van der Waals surface area contributed by atoms with Crippen molar-refractivity contribution < 1.29 is 9.59 Å². The van der Waals surface area contributed by atoms with E-state index in [1.165, 1.54) is 40.2 Å². The van der Waals surface area contributed by atoms with Crippen LogP contribution in [0.15, 0.2) is 30.3 Å². The molecule has 0 unspecified atom stereocenters. The maximum absolute atomic E-state index is 12.2. The van der Waals surface area contributed by atoms with Gasteiger partial charge in [-0.15, -0.1) is 11.3 Å². The molecule has 1 aliphatic carbocycles. The van der Waals surface area contributed by atoms with Crippen LogP contribution in [0.3, 0.4) is 0 Å². The lowest BCUT2D eigenvalue weighted by Gasteiger charge is -2.08. The van der Waals surface area contributed by atoms with Gasteiger partial charge in [-0.2, -0.15) is 0 Å². The topological polar surface area (TPSA) is 58.2 Å². The van der Waals surface area contributed by atoms with Crippen molar-refractivity contribution in [1.29, 1.82) is 0 Å². The maximum Gasteiger partial charge on any atom is 0.279 e. The average Bonchev–Trinajstić information content (AvgIpc) is 3.03. The quantitative estimate of drug-likeness (QED) is 0.850. The molecule has 1 aliphatic rings. The third kappa shape index (κ3) is 3.62. The number of thiophene rings is 1. The Hall–Kier alpha value is -2.14. The van der Waals surface area contributed by atoms with Gasteiger partial charge >= 0.3 is 0 Å². The van der Waals surface area contributed by atoms with Crippen LogP contribution in [-0.4, -0.2) is 11.8 Å². The summed E-state index contributed by atoms with van der Waals surface area (Å²) in [6.07, 6.45) is 5.43. The van der Waals surface area contributed by atoms with Crippen molar-refractivity contribution in [2.24, 2.45) is 0 Å². The van der Waals surface area contributed by atoms with Gasteiger partial charge in [0.25, 0.3) is 11.8 Å². The fourth-order valence-corrected chi connectivity index (χ4v) is 3.89. The van der Waals surface area contributed by atoms with E-state index in [1.54, 1.807) is 12.1 Å². The molecule has 2 N–H and O–H groups in total. The van der Waals surface area contributed by atoms with Gasteiger partial charge in [0, 0.05) is 10.4 Å². The lowest BCUT2D eigenvalue weighted by Crippen LogP contribution is -2.41. The maximum atomic E-state index is 12.2. The molecular weight excluding hydrogens is 308 g/mol. The van der Waals surface area contributed by atoms with Crippen molar-refractivity contribution in [3.8, 4) is 0 Å². The number of hydrogen-bond acceptors (Lipinski definition) is 3. The number of hydrazine groups is 1. The summed E-state index contributed by atoms with van der Waals surface area (Å²) >= 11 is 1.53.